The normalized spacial score (nSPS) is 12.2. The Morgan fingerprint density at radius 2 is 1.57 bits per heavy atom. The van der Waals surface area contributed by atoms with Crippen LogP contribution in [0.3, 0.4) is 0 Å². The second-order valence-electron chi connectivity index (χ2n) is 9.15. The molecule has 0 aliphatic carbocycles. The second kappa shape index (κ2) is 12.3. The molecule has 0 heterocycles. The molecule has 0 saturated carbocycles. The number of rotatable bonds is 10. The summed E-state index contributed by atoms with van der Waals surface area (Å²) < 4.78 is 28.5. The fourth-order valence-corrected chi connectivity index (χ4v) is 5.41. The summed E-state index contributed by atoms with van der Waals surface area (Å²) in [4.78, 5) is 28.1. The topological polar surface area (TPSA) is 86.8 Å². The molecule has 1 atom stereocenters. The van der Waals surface area contributed by atoms with Crippen molar-refractivity contribution in [2.45, 2.75) is 51.2 Å². The van der Waals surface area contributed by atoms with Gasteiger partial charge in [0.15, 0.2) is 0 Å². The first kappa shape index (κ1) is 28.2. The lowest BCUT2D eigenvalue weighted by molar-refractivity contribution is -0.139. The maximum Gasteiger partial charge on any atom is 0.264 e. The van der Waals surface area contributed by atoms with E-state index in [1.165, 1.54) is 17.0 Å². The van der Waals surface area contributed by atoms with Crippen LogP contribution in [-0.4, -0.2) is 43.8 Å². The summed E-state index contributed by atoms with van der Waals surface area (Å²) in [5, 5.41) is 3.33. The maximum atomic E-state index is 13.8. The maximum absolute atomic E-state index is 13.8. The molecule has 0 saturated heterocycles. The van der Waals surface area contributed by atoms with Gasteiger partial charge in [-0.2, -0.15) is 0 Å². The summed E-state index contributed by atoms with van der Waals surface area (Å²) >= 11 is 6.15. The number of anilines is 1. The lowest BCUT2D eigenvalue weighted by Gasteiger charge is -2.32. The molecule has 0 aliphatic rings. The van der Waals surface area contributed by atoms with E-state index in [1.807, 2.05) is 20.8 Å². The van der Waals surface area contributed by atoms with Gasteiger partial charge in [0, 0.05) is 17.6 Å². The number of aryl methyl sites for hydroxylation is 1. The van der Waals surface area contributed by atoms with Crippen molar-refractivity contribution < 1.29 is 18.0 Å². The minimum atomic E-state index is -4.08. The molecule has 2 amide bonds. The number of carbonyl (C=O) groups is 2. The molecule has 1 N–H and O–H groups in total. The predicted octanol–water partition coefficient (Wildman–Crippen LogP) is 4.79. The molecule has 0 radical (unpaired) electrons. The van der Waals surface area contributed by atoms with Crippen molar-refractivity contribution in [2.24, 2.45) is 0 Å². The number of carbonyl (C=O) groups excluding carboxylic acids is 2. The van der Waals surface area contributed by atoms with Crippen LogP contribution >= 0.6 is 11.6 Å². The largest absolute Gasteiger partial charge is 0.352 e. The summed E-state index contributed by atoms with van der Waals surface area (Å²) in [6.07, 6.45) is 0. The standard InChI is InChI=1S/C28H32ClN3O4S/c1-20(2)30-28(34)22(4)31(18-23-9-8-10-24(29)17-23)27(33)19-32(25-11-6-5-7-12-25)37(35,36)26-15-13-21(3)14-16-26/h5-17,20,22H,18-19H2,1-4H3,(H,30,34). The highest BCUT2D eigenvalue weighted by Gasteiger charge is 2.32. The summed E-state index contributed by atoms with van der Waals surface area (Å²) in [5.74, 6) is -0.857. The van der Waals surface area contributed by atoms with Gasteiger partial charge in [-0.3, -0.25) is 13.9 Å². The average Bonchev–Trinajstić information content (AvgIpc) is 2.85. The third-order valence-electron chi connectivity index (χ3n) is 5.77. The zero-order valence-electron chi connectivity index (χ0n) is 21.4. The SMILES string of the molecule is Cc1ccc(S(=O)(=O)N(CC(=O)N(Cc2cccc(Cl)c2)C(C)C(=O)NC(C)C)c2ccccc2)cc1. The van der Waals surface area contributed by atoms with Crippen molar-refractivity contribution in [1.82, 2.24) is 10.2 Å². The second-order valence-corrected chi connectivity index (χ2v) is 11.4. The molecule has 7 nitrogen and oxygen atoms in total. The zero-order valence-corrected chi connectivity index (χ0v) is 23.0. The number of sulfonamides is 1. The van der Waals surface area contributed by atoms with E-state index in [0.717, 1.165) is 15.4 Å². The molecule has 196 valence electrons. The smallest absolute Gasteiger partial charge is 0.264 e. The Kier molecular flexibility index (Phi) is 9.34. The van der Waals surface area contributed by atoms with Crippen molar-refractivity contribution in [2.75, 3.05) is 10.8 Å². The zero-order chi connectivity index (χ0) is 27.2. The van der Waals surface area contributed by atoms with Crippen LogP contribution in [0.25, 0.3) is 0 Å². The highest BCUT2D eigenvalue weighted by molar-refractivity contribution is 7.92. The van der Waals surface area contributed by atoms with Gasteiger partial charge in [-0.05, 0) is 69.7 Å². The van der Waals surface area contributed by atoms with E-state index in [9.17, 15) is 18.0 Å². The van der Waals surface area contributed by atoms with E-state index in [-0.39, 0.29) is 23.4 Å². The van der Waals surface area contributed by atoms with Crippen molar-refractivity contribution in [3.63, 3.8) is 0 Å². The summed E-state index contributed by atoms with van der Waals surface area (Å²) in [5.41, 5.74) is 1.98. The number of amides is 2. The Morgan fingerprint density at radius 1 is 0.919 bits per heavy atom. The van der Waals surface area contributed by atoms with E-state index in [4.69, 9.17) is 11.6 Å². The molecule has 0 fully saturated rings. The van der Waals surface area contributed by atoms with Crippen molar-refractivity contribution in [3.8, 4) is 0 Å². The van der Waals surface area contributed by atoms with Crippen LogP contribution in [0.4, 0.5) is 5.69 Å². The fraction of sp³-hybridized carbons (Fsp3) is 0.286. The van der Waals surface area contributed by atoms with Gasteiger partial charge in [0.2, 0.25) is 11.8 Å². The number of benzene rings is 3. The Bertz CT molecular complexity index is 1330. The van der Waals surface area contributed by atoms with Gasteiger partial charge in [-0.25, -0.2) is 8.42 Å². The van der Waals surface area contributed by atoms with Gasteiger partial charge < -0.3 is 10.2 Å². The van der Waals surface area contributed by atoms with Crippen molar-refractivity contribution in [1.29, 1.82) is 0 Å². The molecule has 0 aliphatic heterocycles. The van der Waals surface area contributed by atoms with Crippen molar-refractivity contribution in [3.05, 3.63) is 95.0 Å². The number of hydrogen-bond acceptors (Lipinski definition) is 4. The lowest BCUT2D eigenvalue weighted by atomic mass is 10.1. The van der Waals surface area contributed by atoms with Gasteiger partial charge in [0.25, 0.3) is 10.0 Å². The van der Waals surface area contributed by atoms with Gasteiger partial charge >= 0.3 is 0 Å². The van der Waals surface area contributed by atoms with Crippen LogP contribution in [0, 0.1) is 6.92 Å². The van der Waals surface area contributed by atoms with Gasteiger partial charge in [-0.15, -0.1) is 0 Å². The molecule has 0 aromatic heterocycles. The van der Waals surface area contributed by atoms with Crippen LogP contribution in [0.1, 0.15) is 31.9 Å². The van der Waals surface area contributed by atoms with E-state index in [2.05, 4.69) is 5.32 Å². The first-order valence-corrected chi connectivity index (χ1v) is 13.8. The molecule has 37 heavy (non-hydrogen) atoms. The van der Waals surface area contributed by atoms with Crippen LogP contribution in [0.5, 0.6) is 0 Å². The number of para-hydroxylation sites is 1. The molecular weight excluding hydrogens is 510 g/mol. The lowest BCUT2D eigenvalue weighted by Crippen LogP contribution is -2.52. The number of halogens is 1. The Hall–Kier alpha value is -3.36. The number of hydrogen-bond donors (Lipinski definition) is 1. The molecule has 9 heteroatoms. The first-order chi connectivity index (χ1) is 17.5. The molecule has 3 aromatic carbocycles. The van der Waals surface area contributed by atoms with Crippen LogP contribution in [0.2, 0.25) is 5.02 Å². The monoisotopic (exact) mass is 541 g/mol. The van der Waals surface area contributed by atoms with Gasteiger partial charge in [0.1, 0.15) is 12.6 Å². The first-order valence-electron chi connectivity index (χ1n) is 12.0. The van der Waals surface area contributed by atoms with Gasteiger partial charge in [0.05, 0.1) is 10.6 Å². The van der Waals surface area contributed by atoms with E-state index in [1.54, 1.807) is 73.7 Å². The summed E-state index contributed by atoms with van der Waals surface area (Å²) in [7, 11) is -4.08. The van der Waals surface area contributed by atoms with E-state index in [0.29, 0.717) is 10.7 Å². The summed E-state index contributed by atoms with van der Waals surface area (Å²) in [6, 6.07) is 20.9. The van der Waals surface area contributed by atoms with Gasteiger partial charge in [-0.1, -0.05) is 59.6 Å². The molecule has 3 aromatic rings. The third kappa shape index (κ3) is 7.33. The quantitative estimate of drug-likeness (QED) is 0.400. The highest BCUT2D eigenvalue weighted by atomic mass is 35.5. The predicted molar refractivity (Wildman–Crippen MR) is 147 cm³/mol. The Balaban J connectivity index is 2.00. The molecular formula is C28H32ClN3O4S. The Labute approximate surface area is 224 Å². The molecule has 1 unspecified atom stereocenters. The van der Waals surface area contributed by atoms with Crippen LogP contribution in [0.15, 0.2) is 83.8 Å². The van der Waals surface area contributed by atoms with Crippen LogP contribution in [-0.2, 0) is 26.2 Å². The number of nitrogens with zero attached hydrogens (tertiary/aromatic N) is 2. The Morgan fingerprint density at radius 3 is 2.16 bits per heavy atom. The van der Waals surface area contributed by atoms with E-state index < -0.39 is 28.5 Å². The number of nitrogens with one attached hydrogen (secondary N) is 1. The van der Waals surface area contributed by atoms with E-state index >= 15 is 0 Å². The summed E-state index contributed by atoms with van der Waals surface area (Å²) in [6.45, 7) is 6.76. The van der Waals surface area contributed by atoms with Crippen LogP contribution < -0.4 is 9.62 Å². The fourth-order valence-electron chi connectivity index (χ4n) is 3.78. The van der Waals surface area contributed by atoms with Crippen molar-refractivity contribution >= 4 is 39.1 Å². The highest BCUT2D eigenvalue weighted by Crippen LogP contribution is 2.25. The minimum Gasteiger partial charge on any atom is -0.352 e. The average molecular weight is 542 g/mol. The minimum absolute atomic E-state index is 0.0711. The molecule has 3 rings (SSSR count). The molecule has 0 bridgehead atoms. The third-order valence-corrected chi connectivity index (χ3v) is 7.80. The molecule has 0 spiro atoms.